The quantitative estimate of drug-likeness (QED) is 0.440. The van der Waals surface area contributed by atoms with Crippen LogP contribution < -0.4 is 10.3 Å². The monoisotopic (exact) mass is 421 g/mol. The van der Waals surface area contributed by atoms with E-state index in [0.29, 0.717) is 23.3 Å². The summed E-state index contributed by atoms with van der Waals surface area (Å²) in [6.45, 7) is 4.63. The zero-order valence-corrected chi connectivity index (χ0v) is 18.2. The highest BCUT2D eigenvalue weighted by atomic mass is 32.2. The molecule has 4 rings (SSSR count). The van der Waals surface area contributed by atoms with Crippen LogP contribution in [0.1, 0.15) is 13.8 Å². The van der Waals surface area contributed by atoms with Crippen molar-refractivity contribution in [2.24, 2.45) is 14.1 Å². The van der Waals surface area contributed by atoms with Crippen molar-refractivity contribution < 1.29 is 4.74 Å². The van der Waals surface area contributed by atoms with Crippen molar-refractivity contribution in [1.29, 1.82) is 0 Å². The van der Waals surface area contributed by atoms with Crippen LogP contribution in [0.5, 0.6) is 5.75 Å². The molecule has 4 aromatic rings. The SMILES string of the molecule is CCOc1ccc(SCC)cc1-c1cn(C)c(=O)c2cnc(-c3cnn(C)c3)nc12. The smallest absolute Gasteiger partial charge is 0.261 e. The zero-order chi connectivity index (χ0) is 21.3. The van der Waals surface area contributed by atoms with Gasteiger partial charge in [0.2, 0.25) is 0 Å². The van der Waals surface area contributed by atoms with Gasteiger partial charge in [0.25, 0.3) is 5.56 Å². The minimum Gasteiger partial charge on any atom is -0.493 e. The van der Waals surface area contributed by atoms with E-state index in [-0.39, 0.29) is 5.56 Å². The lowest BCUT2D eigenvalue weighted by Crippen LogP contribution is -2.17. The van der Waals surface area contributed by atoms with Gasteiger partial charge in [-0.25, -0.2) is 9.97 Å². The Hall–Kier alpha value is -3.13. The Morgan fingerprint density at radius 3 is 2.63 bits per heavy atom. The predicted molar refractivity (Wildman–Crippen MR) is 120 cm³/mol. The molecule has 0 atom stereocenters. The van der Waals surface area contributed by atoms with E-state index in [1.807, 2.05) is 32.4 Å². The van der Waals surface area contributed by atoms with Gasteiger partial charge in [0.05, 0.1) is 29.3 Å². The van der Waals surface area contributed by atoms with Crippen LogP contribution in [-0.2, 0) is 14.1 Å². The van der Waals surface area contributed by atoms with Gasteiger partial charge in [-0.2, -0.15) is 5.10 Å². The maximum Gasteiger partial charge on any atom is 0.261 e. The largest absolute Gasteiger partial charge is 0.493 e. The molecule has 0 spiro atoms. The molecule has 3 aromatic heterocycles. The summed E-state index contributed by atoms with van der Waals surface area (Å²) in [4.78, 5) is 23.1. The zero-order valence-electron chi connectivity index (χ0n) is 17.4. The number of aryl methyl sites for hydroxylation is 2. The summed E-state index contributed by atoms with van der Waals surface area (Å²) in [6, 6.07) is 6.14. The molecule has 30 heavy (non-hydrogen) atoms. The Morgan fingerprint density at radius 2 is 1.93 bits per heavy atom. The van der Waals surface area contributed by atoms with Crippen LogP contribution in [0.15, 0.2) is 52.7 Å². The topological polar surface area (TPSA) is 74.8 Å². The lowest BCUT2D eigenvalue weighted by molar-refractivity contribution is 0.341. The molecule has 0 saturated heterocycles. The Morgan fingerprint density at radius 1 is 1.10 bits per heavy atom. The van der Waals surface area contributed by atoms with Crippen molar-refractivity contribution in [3.63, 3.8) is 0 Å². The summed E-state index contributed by atoms with van der Waals surface area (Å²) in [7, 11) is 3.59. The number of rotatable bonds is 6. The molecule has 8 heteroatoms. The molecule has 1 aromatic carbocycles. The minimum atomic E-state index is -0.136. The van der Waals surface area contributed by atoms with Crippen LogP contribution in [0, 0.1) is 0 Å². The molecular formula is C22H23N5O2S. The number of nitrogens with zero attached hydrogens (tertiary/aromatic N) is 5. The van der Waals surface area contributed by atoms with Gasteiger partial charge in [-0.3, -0.25) is 9.48 Å². The van der Waals surface area contributed by atoms with Crippen molar-refractivity contribution in [2.45, 2.75) is 18.7 Å². The summed E-state index contributed by atoms with van der Waals surface area (Å²) >= 11 is 1.76. The highest BCUT2D eigenvalue weighted by Crippen LogP contribution is 2.37. The first-order valence-corrected chi connectivity index (χ1v) is 10.8. The number of benzene rings is 1. The number of aromatic nitrogens is 5. The van der Waals surface area contributed by atoms with Gasteiger partial charge < -0.3 is 9.30 Å². The molecular weight excluding hydrogens is 398 g/mol. The summed E-state index contributed by atoms with van der Waals surface area (Å²) in [5, 5.41) is 4.67. The first kappa shape index (κ1) is 20.2. The van der Waals surface area contributed by atoms with Crippen LogP contribution in [0.25, 0.3) is 33.4 Å². The Labute approximate surface area is 178 Å². The van der Waals surface area contributed by atoms with Gasteiger partial charge in [-0.1, -0.05) is 6.92 Å². The number of hydrogen-bond donors (Lipinski definition) is 0. The van der Waals surface area contributed by atoms with Crippen molar-refractivity contribution >= 4 is 22.7 Å². The predicted octanol–water partition coefficient (Wildman–Crippen LogP) is 3.91. The Bertz CT molecular complexity index is 1280. The summed E-state index contributed by atoms with van der Waals surface area (Å²) in [5.74, 6) is 2.26. The molecule has 0 amide bonds. The molecule has 0 bridgehead atoms. The fourth-order valence-electron chi connectivity index (χ4n) is 3.38. The number of ether oxygens (including phenoxy) is 1. The van der Waals surface area contributed by atoms with Gasteiger partial charge in [0.15, 0.2) is 5.82 Å². The van der Waals surface area contributed by atoms with Gasteiger partial charge in [0.1, 0.15) is 5.75 Å². The fraction of sp³-hybridized carbons (Fsp3) is 0.273. The van der Waals surface area contributed by atoms with Crippen LogP contribution in [0.2, 0.25) is 0 Å². The number of fused-ring (bicyclic) bond motifs is 1. The first-order chi connectivity index (χ1) is 14.5. The van der Waals surface area contributed by atoms with E-state index in [0.717, 1.165) is 33.1 Å². The normalized spacial score (nSPS) is 11.2. The van der Waals surface area contributed by atoms with Crippen molar-refractivity contribution in [3.05, 3.63) is 53.3 Å². The number of thioether (sulfide) groups is 1. The van der Waals surface area contributed by atoms with E-state index >= 15 is 0 Å². The van der Waals surface area contributed by atoms with Gasteiger partial charge >= 0.3 is 0 Å². The lowest BCUT2D eigenvalue weighted by atomic mass is 10.0. The van der Waals surface area contributed by atoms with Gasteiger partial charge in [-0.15, -0.1) is 11.8 Å². The van der Waals surface area contributed by atoms with Crippen molar-refractivity contribution in [2.75, 3.05) is 12.4 Å². The molecule has 7 nitrogen and oxygen atoms in total. The van der Waals surface area contributed by atoms with Crippen molar-refractivity contribution in [3.8, 4) is 28.3 Å². The summed E-state index contributed by atoms with van der Waals surface area (Å²) in [6.07, 6.45) is 6.99. The van der Waals surface area contributed by atoms with E-state index in [1.165, 1.54) is 0 Å². The van der Waals surface area contributed by atoms with Crippen LogP contribution in [0.4, 0.5) is 0 Å². The standard InChI is InChI=1S/C22H23N5O2S/c1-5-29-19-8-7-15(30-6-2)9-16(19)18-13-26(3)22(28)17-11-23-21(25-20(17)18)14-10-24-27(4)12-14/h7-13H,5-6H2,1-4H3. The second-order valence-electron chi connectivity index (χ2n) is 6.84. The molecule has 0 saturated carbocycles. The lowest BCUT2D eigenvalue weighted by Gasteiger charge is -2.15. The molecule has 3 heterocycles. The summed E-state index contributed by atoms with van der Waals surface area (Å²) in [5.41, 5.74) is 3.01. The average molecular weight is 422 g/mol. The van der Waals surface area contributed by atoms with E-state index in [2.05, 4.69) is 29.1 Å². The molecule has 0 unspecified atom stereocenters. The van der Waals surface area contributed by atoms with E-state index in [9.17, 15) is 4.79 Å². The minimum absolute atomic E-state index is 0.136. The Kier molecular flexibility index (Phi) is 5.59. The molecule has 0 radical (unpaired) electrons. The third-order valence-corrected chi connectivity index (χ3v) is 5.61. The second-order valence-corrected chi connectivity index (χ2v) is 8.18. The van der Waals surface area contributed by atoms with Crippen LogP contribution in [0.3, 0.4) is 0 Å². The van der Waals surface area contributed by atoms with Gasteiger partial charge in [0, 0.05) is 48.7 Å². The molecule has 0 N–H and O–H groups in total. The Balaban J connectivity index is 2.01. The highest BCUT2D eigenvalue weighted by Gasteiger charge is 2.17. The first-order valence-electron chi connectivity index (χ1n) is 9.77. The molecule has 0 aliphatic rings. The van der Waals surface area contributed by atoms with E-state index in [4.69, 9.17) is 9.72 Å². The molecule has 0 aliphatic heterocycles. The average Bonchev–Trinajstić information content (AvgIpc) is 3.18. The molecule has 0 fully saturated rings. The number of pyridine rings is 1. The van der Waals surface area contributed by atoms with Crippen molar-refractivity contribution in [1.82, 2.24) is 24.3 Å². The maximum atomic E-state index is 12.8. The molecule has 154 valence electrons. The third-order valence-electron chi connectivity index (χ3n) is 4.73. The van der Waals surface area contributed by atoms with Crippen LogP contribution >= 0.6 is 11.8 Å². The maximum absolute atomic E-state index is 12.8. The highest BCUT2D eigenvalue weighted by molar-refractivity contribution is 7.99. The number of hydrogen-bond acceptors (Lipinski definition) is 6. The van der Waals surface area contributed by atoms with Gasteiger partial charge in [-0.05, 0) is 30.9 Å². The summed E-state index contributed by atoms with van der Waals surface area (Å²) < 4.78 is 9.18. The van der Waals surface area contributed by atoms with Crippen LogP contribution in [-0.4, -0.2) is 36.7 Å². The second kappa shape index (κ2) is 8.31. The van der Waals surface area contributed by atoms with E-state index < -0.39 is 0 Å². The third kappa shape index (κ3) is 3.70. The van der Waals surface area contributed by atoms with E-state index in [1.54, 1.807) is 40.5 Å². The molecule has 0 aliphatic carbocycles. The fourth-order valence-corrected chi connectivity index (χ4v) is 4.08.